The molecular weight excluding hydrogens is 222 g/mol. The Kier molecular flexibility index (Phi) is 4.18. The first-order valence-corrected chi connectivity index (χ1v) is 6.93. The van der Waals surface area contributed by atoms with Crippen LogP contribution in [0.4, 0.5) is 0 Å². The first kappa shape index (κ1) is 13.3. The Morgan fingerprint density at radius 2 is 1.83 bits per heavy atom. The minimum absolute atomic E-state index is 0.246. The van der Waals surface area contributed by atoms with Crippen LogP contribution in [0.25, 0.3) is 0 Å². The molecule has 0 unspecified atom stereocenters. The van der Waals surface area contributed by atoms with Crippen molar-refractivity contribution in [3.05, 3.63) is 35.9 Å². The number of piperidine rings is 1. The van der Waals surface area contributed by atoms with Crippen molar-refractivity contribution < 1.29 is 4.79 Å². The Morgan fingerprint density at radius 1 is 1.22 bits per heavy atom. The summed E-state index contributed by atoms with van der Waals surface area (Å²) in [5, 5.41) is 0. The highest BCUT2D eigenvalue weighted by molar-refractivity contribution is 5.97. The van der Waals surface area contributed by atoms with Crippen molar-refractivity contribution in [3.63, 3.8) is 0 Å². The molecule has 1 saturated heterocycles. The monoisotopic (exact) mass is 245 g/mol. The molecule has 0 aromatic heterocycles. The summed E-state index contributed by atoms with van der Waals surface area (Å²) in [7, 11) is 0. The van der Waals surface area contributed by atoms with Crippen molar-refractivity contribution in [3.8, 4) is 0 Å². The Bertz CT molecular complexity index is 391. The molecule has 1 aromatic carbocycles. The normalized spacial score (nSPS) is 19.7. The lowest BCUT2D eigenvalue weighted by molar-refractivity contribution is 0.0813. The molecule has 18 heavy (non-hydrogen) atoms. The number of nitrogens with zero attached hydrogens (tertiary/aromatic N) is 1. The largest absolute Gasteiger partial charge is 0.296 e. The molecule has 0 spiro atoms. The van der Waals surface area contributed by atoms with E-state index in [0.29, 0.717) is 12.0 Å². The predicted octanol–water partition coefficient (Wildman–Crippen LogP) is 3.38. The van der Waals surface area contributed by atoms with Crippen molar-refractivity contribution in [2.24, 2.45) is 5.41 Å². The Hall–Kier alpha value is -1.15. The van der Waals surface area contributed by atoms with Crippen molar-refractivity contribution in [2.75, 3.05) is 19.6 Å². The molecule has 2 heteroatoms. The van der Waals surface area contributed by atoms with Crippen LogP contribution in [0, 0.1) is 5.41 Å². The number of benzene rings is 1. The highest BCUT2D eigenvalue weighted by atomic mass is 16.1. The topological polar surface area (TPSA) is 20.3 Å². The molecule has 1 aromatic rings. The van der Waals surface area contributed by atoms with Crippen LogP contribution >= 0.6 is 0 Å². The fourth-order valence-corrected chi connectivity index (χ4v) is 2.52. The van der Waals surface area contributed by atoms with E-state index in [4.69, 9.17) is 0 Å². The molecule has 0 aliphatic carbocycles. The molecule has 0 radical (unpaired) electrons. The average Bonchev–Trinajstić information content (AvgIpc) is 2.42. The zero-order valence-electron chi connectivity index (χ0n) is 11.5. The molecule has 2 nitrogen and oxygen atoms in total. The van der Waals surface area contributed by atoms with Crippen LogP contribution in [-0.4, -0.2) is 30.3 Å². The van der Waals surface area contributed by atoms with Gasteiger partial charge in [0.05, 0.1) is 6.54 Å². The minimum Gasteiger partial charge on any atom is -0.296 e. The zero-order chi connectivity index (χ0) is 13.0. The van der Waals surface area contributed by atoms with E-state index < -0.39 is 0 Å². The highest BCUT2D eigenvalue weighted by Crippen LogP contribution is 2.33. The van der Waals surface area contributed by atoms with Gasteiger partial charge in [-0.3, -0.25) is 9.69 Å². The fourth-order valence-electron chi connectivity index (χ4n) is 2.52. The third-order valence-corrected chi connectivity index (χ3v) is 4.38. The van der Waals surface area contributed by atoms with Crippen LogP contribution in [-0.2, 0) is 0 Å². The second kappa shape index (κ2) is 5.66. The fraction of sp³-hybridized carbons (Fsp3) is 0.562. The summed E-state index contributed by atoms with van der Waals surface area (Å²) in [5.41, 5.74) is 1.33. The van der Waals surface area contributed by atoms with E-state index in [1.165, 1.54) is 19.3 Å². The number of hydrogen-bond donors (Lipinski definition) is 0. The number of rotatable bonds is 4. The van der Waals surface area contributed by atoms with Crippen LogP contribution in [0.3, 0.4) is 0 Å². The van der Waals surface area contributed by atoms with Gasteiger partial charge in [-0.2, -0.15) is 0 Å². The zero-order valence-corrected chi connectivity index (χ0v) is 11.5. The summed E-state index contributed by atoms with van der Waals surface area (Å²) < 4.78 is 0. The Balaban J connectivity index is 1.87. The molecule has 1 fully saturated rings. The summed E-state index contributed by atoms with van der Waals surface area (Å²) >= 11 is 0. The molecule has 1 aliphatic rings. The molecule has 0 saturated carbocycles. The molecule has 1 aliphatic heterocycles. The van der Waals surface area contributed by atoms with E-state index in [2.05, 4.69) is 18.7 Å². The van der Waals surface area contributed by atoms with Crippen LogP contribution in [0.15, 0.2) is 30.3 Å². The van der Waals surface area contributed by atoms with Crippen molar-refractivity contribution in [2.45, 2.75) is 33.1 Å². The number of carbonyl (C=O) groups is 1. The van der Waals surface area contributed by atoms with E-state index in [1.807, 2.05) is 30.3 Å². The highest BCUT2D eigenvalue weighted by Gasteiger charge is 2.28. The number of ketones is 1. The van der Waals surface area contributed by atoms with Gasteiger partial charge in [0, 0.05) is 5.56 Å². The number of likely N-dealkylation sites (tertiary alicyclic amines) is 1. The molecular formula is C16H23NO. The summed E-state index contributed by atoms with van der Waals surface area (Å²) in [6.45, 7) is 7.32. The standard InChI is InChI=1S/C16H23NO/c1-3-16(2)9-11-17(12-10-16)13-15(18)14-7-5-4-6-8-14/h4-8H,3,9-13H2,1-2H3. The van der Waals surface area contributed by atoms with Gasteiger partial charge in [-0.15, -0.1) is 0 Å². The predicted molar refractivity (Wildman–Crippen MR) is 74.8 cm³/mol. The van der Waals surface area contributed by atoms with Gasteiger partial charge in [-0.05, 0) is 31.3 Å². The molecule has 98 valence electrons. The first-order chi connectivity index (χ1) is 8.63. The lowest BCUT2D eigenvalue weighted by Gasteiger charge is -2.38. The van der Waals surface area contributed by atoms with Crippen molar-refractivity contribution in [1.29, 1.82) is 0 Å². The van der Waals surface area contributed by atoms with E-state index in [-0.39, 0.29) is 5.78 Å². The molecule has 0 N–H and O–H groups in total. The van der Waals surface area contributed by atoms with Crippen LogP contribution in [0.1, 0.15) is 43.5 Å². The second-order valence-electron chi connectivity index (χ2n) is 5.73. The van der Waals surface area contributed by atoms with Gasteiger partial charge in [0.2, 0.25) is 0 Å². The van der Waals surface area contributed by atoms with Gasteiger partial charge < -0.3 is 0 Å². The van der Waals surface area contributed by atoms with Gasteiger partial charge in [-0.1, -0.05) is 50.6 Å². The summed E-state index contributed by atoms with van der Waals surface area (Å²) in [6, 6.07) is 9.62. The Morgan fingerprint density at radius 3 is 2.39 bits per heavy atom. The van der Waals surface area contributed by atoms with E-state index in [9.17, 15) is 4.79 Å². The van der Waals surface area contributed by atoms with Gasteiger partial charge in [-0.25, -0.2) is 0 Å². The van der Waals surface area contributed by atoms with E-state index >= 15 is 0 Å². The van der Waals surface area contributed by atoms with Gasteiger partial charge >= 0.3 is 0 Å². The molecule has 0 bridgehead atoms. The van der Waals surface area contributed by atoms with Crippen LogP contribution in [0.2, 0.25) is 0 Å². The summed E-state index contributed by atoms with van der Waals surface area (Å²) in [6.07, 6.45) is 3.67. The number of Topliss-reactive ketones (excluding diaryl/α,β-unsaturated/α-hetero) is 1. The summed E-state index contributed by atoms with van der Waals surface area (Å²) in [5.74, 6) is 0.246. The van der Waals surface area contributed by atoms with Gasteiger partial charge in [0.15, 0.2) is 5.78 Å². The lowest BCUT2D eigenvalue weighted by Crippen LogP contribution is -2.40. The van der Waals surface area contributed by atoms with Crippen molar-refractivity contribution in [1.82, 2.24) is 4.90 Å². The second-order valence-corrected chi connectivity index (χ2v) is 5.73. The average molecular weight is 245 g/mol. The van der Waals surface area contributed by atoms with E-state index in [0.717, 1.165) is 18.7 Å². The third-order valence-electron chi connectivity index (χ3n) is 4.38. The molecule has 1 heterocycles. The maximum absolute atomic E-state index is 12.1. The van der Waals surface area contributed by atoms with Gasteiger partial charge in [0.25, 0.3) is 0 Å². The minimum atomic E-state index is 0.246. The summed E-state index contributed by atoms with van der Waals surface area (Å²) in [4.78, 5) is 14.4. The third kappa shape index (κ3) is 3.20. The number of hydrogen-bond acceptors (Lipinski definition) is 2. The number of carbonyl (C=O) groups excluding carboxylic acids is 1. The van der Waals surface area contributed by atoms with Crippen LogP contribution < -0.4 is 0 Å². The van der Waals surface area contributed by atoms with Crippen LogP contribution in [0.5, 0.6) is 0 Å². The SMILES string of the molecule is CCC1(C)CCN(CC(=O)c2ccccc2)CC1. The van der Waals surface area contributed by atoms with E-state index in [1.54, 1.807) is 0 Å². The molecule has 2 rings (SSSR count). The van der Waals surface area contributed by atoms with Gasteiger partial charge in [0.1, 0.15) is 0 Å². The molecule has 0 amide bonds. The maximum Gasteiger partial charge on any atom is 0.176 e. The first-order valence-electron chi connectivity index (χ1n) is 6.93. The quantitative estimate of drug-likeness (QED) is 0.758. The van der Waals surface area contributed by atoms with Crippen molar-refractivity contribution >= 4 is 5.78 Å². The lowest BCUT2D eigenvalue weighted by atomic mass is 9.78. The maximum atomic E-state index is 12.1. The smallest absolute Gasteiger partial charge is 0.176 e. The Labute approximate surface area is 110 Å². The molecule has 0 atom stereocenters.